The molecule has 0 aliphatic carbocycles. The van der Waals surface area contributed by atoms with Gasteiger partial charge in [0.2, 0.25) is 0 Å². The summed E-state index contributed by atoms with van der Waals surface area (Å²) in [6.07, 6.45) is 0.432. The molecule has 0 radical (unpaired) electrons. The summed E-state index contributed by atoms with van der Waals surface area (Å²) in [4.78, 5) is 12.5. The molecule has 1 aliphatic rings. The molecule has 0 aromatic heterocycles. The van der Waals surface area contributed by atoms with Gasteiger partial charge in [0.25, 0.3) is 5.91 Å². The minimum atomic E-state index is -3.07. The minimum absolute atomic E-state index is 0.0219. The molecule has 24 heavy (non-hydrogen) atoms. The van der Waals surface area contributed by atoms with Gasteiger partial charge in [-0.3, -0.25) is 4.79 Å². The summed E-state index contributed by atoms with van der Waals surface area (Å²) < 4.78 is 29.0. The van der Waals surface area contributed by atoms with Crippen LogP contribution in [0.1, 0.15) is 23.7 Å². The monoisotopic (exact) mass is 345 g/mol. The number of hydrogen-bond acceptors (Lipinski definition) is 4. The predicted octanol–water partition coefficient (Wildman–Crippen LogP) is 2.79. The van der Waals surface area contributed by atoms with E-state index in [9.17, 15) is 13.2 Å². The highest BCUT2D eigenvalue weighted by Gasteiger charge is 2.39. The fourth-order valence-electron chi connectivity index (χ4n) is 2.78. The maximum Gasteiger partial charge on any atom is 0.251 e. The Morgan fingerprint density at radius 2 is 1.79 bits per heavy atom. The molecule has 2 aromatic rings. The van der Waals surface area contributed by atoms with Gasteiger partial charge in [0.05, 0.1) is 17.0 Å². The molecule has 1 heterocycles. The van der Waals surface area contributed by atoms with Crippen molar-refractivity contribution in [3.8, 4) is 11.5 Å². The summed E-state index contributed by atoms with van der Waals surface area (Å²) in [6, 6.07) is 16.1. The third-order valence-electron chi connectivity index (χ3n) is 3.99. The van der Waals surface area contributed by atoms with E-state index in [1.54, 1.807) is 31.2 Å². The number of sulfone groups is 1. The molecule has 3 rings (SSSR count). The molecule has 1 atom stereocenters. The molecule has 5 nitrogen and oxygen atoms in total. The number of benzene rings is 2. The Morgan fingerprint density at radius 1 is 1.08 bits per heavy atom. The average molecular weight is 345 g/mol. The van der Waals surface area contributed by atoms with Crippen LogP contribution in [-0.4, -0.2) is 31.4 Å². The second-order valence-corrected chi connectivity index (χ2v) is 8.48. The lowest BCUT2D eigenvalue weighted by molar-refractivity contribution is 0.0915. The first kappa shape index (κ1) is 16.5. The van der Waals surface area contributed by atoms with E-state index in [1.165, 1.54) is 0 Å². The molecule has 1 saturated heterocycles. The molecule has 0 unspecified atom stereocenters. The van der Waals surface area contributed by atoms with Gasteiger partial charge in [-0.2, -0.15) is 0 Å². The van der Waals surface area contributed by atoms with Crippen molar-refractivity contribution >= 4 is 15.7 Å². The fourth-order valence-corrected chi connectivity index (χ4v) is 4.87. The normalized spacial score (nSPS) is 22.0. The van der Waals surface area contributed by atoms with Crippen molar-refractivity contribution in [2.24, 2.45) is 0 Å². The van der Waals surface area contributed by atoms with Gasteiger partial charge in [0.1, 0.15) is 11.5 Å². The first-order chi connectivity index (χ1) is 11.4. The topological polar surface area (TPSA) is 72.5 Å². The van der Waals surface area contributed by atoms with Gasteiger partial charge in [0, 0.05) is 5.56 Å². The number of amides is 1. The van der Waals surface area contributed by atoms with E-state index in [2.05, 4.69) is 5.32 Å². The van der Waals surface area contributed by atoms with Gasteiger partial charge in [-0.1, -0.05) is 24.3 Å². The molecule has 2 aromatic carbocycles. The summed E-state index contributed by atoms with van der Waals surface area (Å²) in [5, 5.41) is 2.84. The van der Waals surface area contributed by atoms with Crippen LogP contribution in [0.5, 0.6) is 11.5 Å². The molecular weight excluding hydrogens is 326 g/mol. The van der Waals surface area contributed by atoms with Crippen molar-refractivity contribution in [2.75, 3.05) is 11.5 Å². The standard InChI is InChI=1S/C18H19NO4S/c1-18(10-11-24(21,22)13-18)19-17(20)14-6-5-9-16(12-14)23-15-7-3-2-4-8-15/h2-9,12H,10-11,13H2,1H3,(H,19,20)/t18-/m0/s1. The van der Waals surface area contributed by atoms with Gasteiger partial charge < -0.3 is 10.1 Å². The van der Waals surface area contributed by atoms with Crippen LogP contribution in [0, 0.1) is 0 Å². The van der Waals surface area contributed by atoms with Crippen molar-refractivity contribution in [1.82, 2.24) is 5.32 Å². The first-order valence-electron chi connectivity index (χ1n) is 7.71. The van der Waals surface area contributed by atoms with Gasteiger partial charge in [-0.15, -0.1) is 0 Å². The Kier molecular flexibility index (Phi) is 4.32. The SMILES string of the molecule is C[C@]1(NC(=O)c2cccc(Oc3ccccc3)c2)CCS(=O)(=O)C1. The number of hydrogen-bond donors (Lipinski definition) is 1. The summed E-state index contributed by atoms with van der Waals surface area (Å²) in [7, 11) is -3.07. The molecular formula is C18H19NO4S. The zero-order chi connectivity index (χ0) is 17.2. The smallest absolute Gasteiger partial charge is 0.251 e. The number of carbonyl (C=O) groups excluding carboxylic acids is 1. The van der Waals surface area contributed by atoms with E-state index < -0.39 is 15.4 Å². The first-order valence-corrected chi connectivity index (χ1v) is 9.53. The summed E-state index contributed by atoms with van der Waals surface area (Å²) >= 11 is 0. The Morgan fingerprint density at radius 3 is 2.46 bits per heavy atom. The molecule has 6 heteroatoms. The van der Waals surface area contributed by atoms with Crippen LogP contribution in [-0.2, 0) is 9.84 Å². The minimum Gasteiger partial charge on any atom is -0.457 e. The highest BCUT2D eigenvalue weighted by Crippen LogP contribution is 2.25. The van der Waals surface area contributed by atoms with E-state index in [-0.39, 0.29) is 17.4 Å². The van der Waals surface area contributed by atoms with Crippen molar-refractivity contribution < 1.29 is 17.9 Å². The third-order valence-corrected chi connectivity index (χ3v) is 5.90. The fraction of sp³-hybridized carbons (Fsp3) is 0.278. The summed E-state index contributed by atoms with van der Waals surface area (Å²) in [6.45, 7) is 1.76. The third kappa shape index (κ3) is 3.94. The Hall–Kier alpha value is -2.34. The zero-order valence-corrected chi connectivity index (χ0v) is 14.2. The number of ether oxygens (including phenoxy) is 1. The molecule has 1 amide bonds. The largest absolute Gasteiger partial charge is 0.457 e. The second-order valence-electron chi connectivity index (χ2n) is 6.30. The number of para-hydroxylation sites is 1. The van der Waals surface area contributed by atoms with Crippen molar-refractivity contribution in [2.45, 2.75) is 18.9 Å². The van der Waals surface area contributed by atoms with Crippen LogP contribution >= 0.6 is 0 Å². The molecule has 0 spiro atoms. The molecule has 1 N–H and O–H groups in total. The van der Waals surface area contributed by atoms with Gasteiger partial charge in [-0.05, 0) is 43.7 Å². The highest BCUT2D eigenvalue weighted by atomic mass is 32.2. The lowest BCUT2D eigenvalue weighted by Crippen LogP contribution is -2.46. The Balaban J connectivity index is 1.73. The van der Waals surface area contributed by atoms with E-state index >= 15 is 0 Å². The molecule has 126 valence electrons. The van der Waals surface area contributed by atoms with Crippen LogP contribution in [0.2, 0.25) is 0 Å². The number of nitrogens with one attached hydrogen (secondary N) is 1. The maximum absolute atomic E-state index is 12.5. The quantitative estimate of drug-likeness (QED) is 0.925. The van der Waals surface area contributed by atoms with Gasteiger partial charge in [0.15, 0.2) is 9.84 Å². The Bertz CT molecular complexity index is 848. The Labute approximate surface area is 141 Å². The number of carbonyl (C=O) groups is 1. The van der Waals surface area contributed by atoms with E-state index in [0.717, 1.165) is 0 Å². The lowest BCUT2D eigenvalue weighted by Gasteiger charge is -2.24. The molecule has 0 saturated carbocycles. The number of rotatable bonds is 4. The van der Waals surface area contributed by atoms with Crippen LogP contribution in [0.4, 0.5) is 0 Å². The lowest BCUT2D eigenvalue weighted by atomic mass is 10.0. The summed E-state index contributed by atoms with van der Waals surface area (Å²) in [5.74, 6) is 1.03. The zero-order valence-electron chi connectivity index (χ0n) is 13.4. The average Bonchev–Trinajstić information content (AvgIpc) is 2.82. The molecule has 0 bridgehead atoms. The maximum atomic E-state index is 12.5. The van der Waals surface area contributed by atoms with E-state index in [1.807, 2.05) is 30.3 Å². The molecule has 1 aliphatic heterocycles. The molecule has 1 fully saturated rings. The van der Waals surface area contributed by atoms with Gasteiger partial charge in [-0.25, -0.2) is 8.42 Å². The van der Waals surface area contributed by atoms with Crippen LogP contribution in [0.25, 0.3) is 0 Å². The second kappa shape index (κ2) is 6.28. The van der Waals surface area contributed by atoms with Crippen LogP contribution < -0.4 is 10.1 Å². The van der Waals surface area contributed by atoms with Crippen molar-refractivity contribution in [3.63, 3.8) is 0 Å². The van der Waals surface area contributed by atoms with Crippen molar-refractivity contribution in [1.29, 1.82) is 0 Å². The summed E-state index contributed by atoms with van der Waals surface area (Å²) in [5.41, 5.74) is -0.277. The van der Waals surface area contributed by atoms with E-state index in [0.29, 0.717) is 23.5 Å². The van der Waals surface area contributed by atoms with Crippen LogP contribution in [0.3, 0.4) is 0 Å². The van der Waals surface area contributed by atoms with Gasteiger partial charge >= 0.3 is 0 Å². The van der Waals surface area contributed by atoms with Crippen molar-refractivity contribution in [3.05, 3.63) is 60.2 Å². The predicted molar refractivity (Wildman–Crippen MR) is 92.1 cm³/mol. The van der Waals surface area contributed by atoms with E-state index in [4.69, 9.17) is 4.74 Å². The van der Waals surface area contributed by atoms with Crippen LogP contribution in [0.15, 0.2) is 54.6 Å². The highest BCUT2D eigenvalue weighted by molar-refractivity contribution is 7.91.